The van der Waals surface area contributed by atoms with E-state index < -0.39 is 44.6 Å². The second-order valence-electron chi connectivity index (χ2n) is 11.4. The van der Waals surface area contributed by atoms with Crippen molar-refractivity contribution in [1.82, 2.24) is 10.6 Å². The van der Waals surface area contributed by atoms with Gasteiger partial charge in [-0.3, -0.25) is 4.79 Å². The fourth-order valence-corrected chi connectivity index (χ4v) is 6.96. The Hall–Kier alpha value is -2.83. The molecule has 0 aromatic heterocycles. The van der Waals surface area contributed by atoms with Crippen LogP contribution in [0.15, 0.2) is 41.1 Å². The Morgan fingerprint density at radius 2 is 1.56 bits per heavy atom. The Morgan fingerprint density at radius 3 is 2.05 bits per heavy atom. The number of halogens is 4. The van der Waals surface area contributed by atoms with E-state index in [1.807, 2.05) is 0 Å². The highest BCUT2D eigenvalue weighted by Gasteiger charge is 2.53. The number of hydrogen-bond donors (Lipinski definition) is 2. The highest BCUT2D eigenvalue weighted by atomic mass is 32.2. The van der Waals surface area contributed by atoms with Crippen LogP contribution >= 0.6 is 0 Å². The van der Waals surface area contributed by atoms with Gasteiger partial charge in [0.1, 0.15) is 18.0 Å². The van der Waals surface area contributed by atoms with Crippen LogP contribution in [0, 0.1) is 5.41 Å². The molecule has 0 radical (unpaired) electrons. The van der Waals surface area contributed by atoms with Crippen LogP contribution in [-0.2, 0) is 19.4 Å². The molecule has 0 saturated heterocycles. The molecule has 3 fully saturated rings. The first-order valence-corrected chi connectivity index (χ1v) is 14.2. The van der Waals surface area contributed by atoms with Crippen molar-refractivity contribution < 1.29 is 45.0 Å². The lowest BCUT2D eigenvalue weighted by Crippen LogP contribution is -2.59. The number of hydrogen-bond acceptors (Lipinski definition) is 6. The van der Waals surface area contributed by atoms with Crippen molar-refractivity contribution in [3.8, 4) is 5.75 Å². The fourth-order valence-electron chi connectivity index (χ4n) is 5.01. The molecular weight excluding hydrogens is 544 g/mol. The van der Waals surface area contributed by atoms with E-state index >= 15 is 0 Å². The predicted octanol–water partition coefficient (Wildman–Crippen LogP) is 4.99. The van der Waals surface area contributed by atoms with Crippen molar-refractivity contribution in [2.24, 2.45) is 5.41 Å². The van der Waals surface area contributed by atoms with Gasteiger partial charge in [0.25, 0.3) is 0 Å². The van der Waals surface area contributed by atoms with E-state index in [1.165, 1.54) is 24.3 Å². The fraction of sp³-hybridized carbons (Fsp3) is 0.615. The zero-order chi connectivity index (χ0) is 29.1. The van der Waals surface area contributed by atoms with Gasteiger partial charge in [-0.2, -0.15) is 13.2 Å². The third kappa shape index (κ3) is 8.33. The molecular formula is C26H34F4N2O6S. The quantitative estimate of drug-likeness (QED) is 0.400. The maximum atomic E-state index is 13.2. The molecule has 0 aliphatic heterocycles. The molecule has 3 aliphatic carbocycles. The summed E-state index contributed by atoms with van der Waals surface area (Å²) in [7, 11) is -3.71. The topological polar surface area (TPSA) is 111 Å². The highest BCUT2D eigenvalue weighted by molar-refractivity contribution is 7.91. The standard InChI is InChI=1S/C26H34F4N2O6S/c1-23(2,3)38-22(34)31-15-18(14-27)16-37-19-4-6-20(7-5-19)39(35,36)17-24-8-11-25(12-9-24,13-10-24)32-21(33)26(28,29)30/h4-7,14H,8-13,15-17H2,1-3H3,(H,31,34)(H,32,33)/b18-14+. The minimum Gasteiger partial charge on any atom is -0.489 e. The average molecular weight is 579 g/mol. The van der Waals surface area contributed by atoms with Crippen LogP contribution in [-0.4, -0.2) is 56.6 Å². The molecule has 2 amide bonds. The van der Waals surface area contributed by atoms with Gasteiger partial charge in [0.05, 0.1) is 17.0 Å². The molecule has 2 bridgehead atoms. The number of nitrogens with one attached hydrogen (secondary N) is 2. The largest absolute Gasteiger partial charge is 0.489 e. The second kappa shape index (κ2) is 11.3. The summed E-state index contributed by atoms with van der Waals surface area (Å²) in [5.74, 6) is -1.81. The lowest BCUT2D eigenvalue weighted by molar-refractivity contribution is -0.177. The highest BCUT2D eigenvalue weighted by Crippen LogP contribution is 2.53. The Bertz CT molecular complexity index is 1170. The Kier molecular flexibility index (Phi) is 8.93. The minimum absolute atomic E-state index is 0.0739. The molecule has 1 aromatic carbocycles. The molecule has 3 aliphatic rings. The summed E-state index contributed by atoms with van der Waals surface area (Å²) in [5.41, 5.74) is -2.06. The predicted molar refractivity (Wildman–Crippen MR) is 134 cm³/mol. The van der Waals surface area contributed by atoms with E-state index in [0.29, 0.717) is 50.6 Å². The second-order valence-corrected chi connectivity index (χ2v) is 13.4. The van der Waals surface area contributed by atoms with Gasteiger partial charge in [0.2, 0.25) is 0 Å². The van der Waals surface area contributed by atoms with Crippen LogP contribution < -0.4 is 15.4 Å². The zero-order valence-corrected chi connectivity index (χ0v) is 22.9. The number of alkyl carbamates (subject to hydrolysis) is 1. The van der Waals surface area contributed by atoms with E-state index in [1.54, 1.807) is 20.8 Å². The van der Waals surface area contributed by atoms with Crippen molar-refractivity contribution in [1.29, 1.82) is 0 Å². The molecule has 1 aromatic rings. The number of fused-ring (bicyclic) bond motifs is 3. The first-order chi connectivity index (χ1) is 18.0. The van der Waals surface area contributed by atoms with Gasteiger partial charge in [-0.1, -0.05) is 0 Å². The van der Waals surface area contributed by atoms with Crippen LogP contribution in [0.2, 0.25) is 0 Å². The summed E-state index contributed by atoms with van der Waals surface area (Å²) in [6, 6.07) is 5.67. The number of ether oxygens (including phenoxy) is 2. The van der Waals surface area contributed by atoms with E-state index in [-0.39, 0.29) is 29.4 Å². The van der Waals surface area contributed by atoms with E-state index in [0.717, 1.165) is 0 Å². The van der Waals surface area contributed by atoms with Crippen molar-refractivity contribution in [2.45, 2.75) is 81.5 Å². The van der Waals surface area contributed by atoms with Gasteiger partial charge in [-0.15, -0.1) is 0 Å². The zero-order valence-electron chi connectivity index (χ0n) is 22.1. The smallest absolute Gasteiger partial charge is 0.471 e. The number of amides is 2. The summed E-state index contributed by atoms with van der Waals surface area (Å²) in [4.78, 5) is 23.3. The van der Waals surface area contributed by atoms with Gasteiger partial charge >= 0.3 is 18.2 Å². The maximum absolute atomic E-state index is 13.2. The van der Waals surface area contributed by atoms with Gasteiger partial charge in [-0.25, -0.2) is 17.6 Å². The third-order valence-electron chi connectivity index (χ3n) is 7.15. The Morgan fingerprint density at radius 1 is 1.00 bits per heavy atom. The molecule has 0 unspecified atom stereocenters. The maximum Gasteiger partial charge on any atom is 0.471 e. The normalized spacial score (nSPS) is 23.7. The van der Waals surface area contributed by atoms with Crippen molar-refractivity contribution >= 4 is 21.8 Å². The summed E-state index contributed by atoms with van der Waals surface area (Å²) in [6.07, 6.45) is -3.25. The molecule has 2 N–H and O–H groups in total. The summed E-state index contributed by atoms with van der Waals surface area (Å²) >= 11 is 0. The van der Waals surface area contributed by atoms with Gasteiger partial charge < -0.3 is 20.1 Å². The van der Waals surface area contributed by atoms with Crippen molar-refractivity contribution in [2.75, 3.05) is 18.9 Å². The molecule has 8 nitrogen and oxygen atoms in total. The van der Waals surface area contributed by atoms with Crippen LogP contribution in [0.4, 0.5) is 22.4 Å². The van der Waals surface area contributed by atoms with Gasteiger partial charge in [0.15, 0.2) is 9.84 Å². The number of carbonyl (C=O) groups is 2. The Balaban J connectivity index is 1.53. The van der Waals surface area contributed by atoms with Crippen molar-refractivity contribution in [3.63, 3.8) is 0 Å². The first kappa shape index (κ1) is 30.7. The molecule has 218 valence electrons. The molecule has 39 heavy (non-hydrogen) atoms. The SMILES string of the molecule is CC(C)(C)OC(=O)NC/C(=C\F)COc1ccc(S(=O)(=O)CC23CCC(NC(=O)C(F)(F)F)(CC2)CC3)cc1. The Labute approximate surface area is 225 Å². The number of carbonyl (C=O) groups excluding carboxylic acids is 2. The van der Waals surface area contributed by atoms with E-state index in [2.05, 4.69) is 10.6 Å². The van der Waals surface area contributed by atoms with Gasteiger partial charge in [-0.05, 0) is 89.0 Å². The summed E-state index contributed by atoms with van der Waals surface area (Å²) < 4.78 is 88.3. The minimum atomic E-state index is -4.96. The molecule has 3 saturated carbocycles. The lowest BCUT2D eigenvalue weighted by atomic mass is 9.58. The first-order valence-electron chi connectivity index (χ1n) is 12.6. The van der Waals surface area contributed by atoms with E-state index in [4.69, 9.17) is 9.47 Å². The number of rotatable bonds is 9. The number of benzene rings is 1. The molecule has 0 heterocycles. The van der Waals surface area contributed by atoms with Gasteiger partial charge in [0, 0.05) is 17.7 Å². The molecule has 4 rings (SSSR count). The monoisotopic (exact) mass is 578 g/mol. The van der Waals surface area contributed by atoms with Crippen molar-refractivity contribution in [3.05, 3.63) is 36.2 Å². The molecule has 0 atom stereocenters. The van der Waals surface area contributed by atoms with E-state index in [9.17, 15) is 35.6 Å². The lowest BCUT2D eigenvalue weighted by Gasteiger charge is -2.53. The summed E-state index contributed by atoms with van der Waals surface area (Å²) in [5, 5.41) is 4.57. The summed E-state index contributed by atoms with van der Waals surface area (Å²) in [6.45, 7) is 4.77. The number of alkyl halides is 3. The van der Waals surface area contributed by atoms with Crippen LogP contribution in [0.1, 0.15) is 59.3 Å². The molecule has 13 heteroatoms. The van der Waals surface area contributed by atoms with Crippen LogP contribution in [0.25, 0.3) is 0 Å². The average Bonchev–Trinajstić information content (AvgIpc) is 2.83. The van der Waals surface area contributed by atoms with Crippen LogP contribution in [0.3, 0.4) is 0 Å². The number of sulfone groups is 1. The van der Waals surface area contributed by atoms with Crippen LogP contribution in [0.5, 0.6) is 5.75 Å². The molecule has 0 spiro atoms. The third-order valence-corrected chi connectivity index (χ3v) is 9.14.